The van der Waals surface area contributed by atoms with Crippen LogP contribution in [0.5, 0.6) is 0 Å². The van der Waals surface area contributed by atoms with E-state index in [1.165, 1.54) is 0 Å². The van der Waals surface area contributed by atoms with Crippen LogP contribution in [0.2, 0.25) is 0 Å². The molecule has 1 saturated carbocycles. The number of rotatable bonds is 13. The van der Waals surface area contributed by atoms with Crippen molar-refractivity contribution >= 4 is 23.4 Å². The van der Waals surface area contributed by atoms with Gasteiger partial charge in [-0.2, -0.15) is 0 Å². The Balaban J connectivity index is 1.61. The van der Waals surface area contributed by atoms with Crippen molar-refractivity contribution < 1.29 is 28.7 Å². The van der Waals surface area contributed by atoms with Crippen LogP contribution in [0.4, 0.5) is 0 Å². The lowest BCUT2D eigenvalue weighted by molar-refractivity contribution is -0.144. The molecular formula is C24H33NO6. The van der Waals surface area contributed by atoms with Crippen LogP contribution in [-0.4, -0.2) is 43.3 Å². The van der Waals surface area contributed by atoms with Crippen LogP contribution in [-0.2, 0) is 41.6 Å². The average molecular weight is 432 g/mol. The van der Waals surface area contributed by atoms with Gasteiger partial charge in [-0.05, 0) is 30.4 Å². The lowest BCUT2D eigenvalue weighted by atomic mass is 9.83. The highest BCUT2D eigenvalue weighted by Gasteiger charge is 2.28. The van der Waals surface area contributed by atoms with E-state index in [9.17, 15) is 19.2 Å². The maximum atomic E-state index is 12.4. The Morgan fingerprint density at radius 3 is 2.52 bits per heavy atom. The minimum absolute atomic E-state index is 0.00281. The Bertz CT molecular complexity index is 743. The first-order chi connectivity index (χ1) is 15.0. The quantitative estimate of drug-likeness (QED) is 0.293. The van der Waals surface area contributed by atoms with E-state index in [1.54, 1.807) is 0 Å². The zero-order valence-electron chi connectivity index (χ0n) is 18.3. The van der Waals surface area contributed by atoms with Crippen LogP contribution in [0.25, 0.3) is 0 Å². The molecule has 0 aliphatic heterocycles. The molecule has 0 aromatic heterocycles. The molecule has 0 saturated heterocycles. The number of hydrogen-bond donors (Lipinski definition) is 1. The second kappa shape index (κ2) is 13.7. The number of nitrogens with one attached hydrogen (secondary N) is 1. The monoisotopic (exact) mass is 431 g/mol. The summed E-state index contributed by atoms with van der Waals surface area (Å²) >= 11 is 0. The number of hydrogen-bond acceptors (Lipinski definition) is 6. The number of Topliss-reactive ketones (excluding diaryl/α,β-unsaturated/α-hetero) is 2. The van der Waals surface area contributed by atoms with Crippen molar-refractivity contribution in [3.63, 3.8) is 0 Å². The SMILES string of the molecule is CCCC(=O)OCCCOCC(=O)NCc1ccc(CC(=O)C2CCCCC2=O)cc1. The lowest BCUT2D eigenvalue weighted by Gasteiger charge is -2.19. The molecular weight excluding hydrogens is 398 g/mol. The third-order valence-corrected chi connectivity index (χ3v) is 5.22. The molecule has 1 atom stereocenters. The van der Waals surface area contributed by atoms with Gasteiger partial charge in [-0.3, -0.25) is 19.2 Å². The van der Waals surface area contributed by atoms with Gasteiger partial charge < -0.3 is 14.8 Å². The maximum Gasteiger partial charge on any atom is 0.305 e. The molecule has 2 rings (SSSR count). The summed E-state index contributed by atoms with van der Waals surface area (Å²) in [5.74, 6) is -0.786. The van der Waals surface area contributed by atoms with Crippen LogP contribution < -0.4 is 5.32 Å². The van der Waals surface area contributed by atoms with Crippen LogP contribution in [0, 0.1) is 5.92 Å². The number of benzene rings is 1. The Morgan fingerprint density at radius 1 is 1.06 bits per heavy atom. The molecule has 1 fully saturated rings. The van der Waals surface area contributed by atoms with Gasteiger partial charge in [0.1, 0.15) is 18.2 Å². The molecule has 7 heteroatoms. The van der Waals surface area contributed by atoms with E-state index >= 15 is 0 Å². The van der Waals surface area contributed by atoms with Gasteiger partial charge >= 0.3 is 5.97 Å². The van der Waals surface area contributed by atoms with E-state index in [4.69, 9.17) is 9.47 Å². The Hall–Kier alpha value is -2.54. The normalized spacial score (nSPS) is 16.0. The van der Waals surface area contributed by atoms with E-state index in [0.29, 0.717) is 45.4 Å². The number of carbonyl (C=O) groups is 4. The summed E-state index contributed by atoms with van der Waals surface area (Å²) in [5, 5.41) is 2.78. The Morgan fingerprint density at radius 2 is 1.81 bits per heavy atom. The highest BCUT2D eigenvalue weighted by atomic mass is 16.5. The largest absolute Gasteiger partial charge is 0.466 e. The Kier molecular flexibility index (Phi) is 10.9. The summed E-state index contributed by atoms with van der Waals surface area (Å²) in [5.41, 5.74) is 1.79. The lowest BCUT2D eigenvalue weighted by Crippen LogP contribution is -2.28. The van der Waals surface area contributed by atoms with Gasteiger partial charge in [0, 0.05) is 32.2 Å². The fourth-order valence-corrected chi connectivity index (χ4v) is 3.46. The summed E-state index contributed by atoms with van der Waals surface area (Å²) in [6.45, 7) is 2.88. The second-order valence-electron chi connectivity index (χ2n) is 7.88. The van der Waals surface area contributed by atoms with E-state index in [1.807, 2.05) is 31.2 Å². The molecule has 0 radical (unpaired) electrons. The minimum atomic E-state index is -0.434. The predicted molar refractivity (Wildman–Crippen MR) is 115 cm³/mol. The standard InChI is InChI=1S/C24H33NO6/c1-2-6-24(29)31-14-5-13-30-17-23(28)25-16-19-11-9-18(10-12-19)15-22(27)20-7-3-4-8-21(20)26/h9-12,20H,2-8,13-17H2,1H3,(H,25,28). The highest BCUT2D eigenvalue weighted by Crippen LogP contribution is 2.22. The van der Waals surface area contributed by atoms with Crippen LogP contribution in [0.15, 0.2) is 24.3 Å². The van der Waals surface area contributed by atoms with Crippen molar-refractivity contribution in [1.29, 1.82) is 0 Å². The number of ether oxygens (including phenoxy) is 2. The molecule has 0 spiro atoms. The van der Waals surface area contributed by atoms with Crippen LogP contribution in [0.3, 0.4) is 0 Å². The first-order valence-electron chi connectivity index (χ1n) is 11.1. The molecule has 1 aliphatic carbocycles. The molecule has 1 N–H and O–H groups in total. The highest BCUT2D eigenvalue weighted by molar-refractivity contribution is 6.03. The fraction of sp³-hybridized carbons (Fsp3) is 0.583. The molecule has 0 bridgehead atoms. The van der Waals surface area contributed by atoms with Crippen molar-refractivity contribution in [2.45, 2.75) is 64.8 Å². The van der Waals surface area contributed by atoms with Crippen molar-refractivity contribution in [1.82, 2.24) is 5.32 Å². The fourth-order valence-electron chi connectivity index (χ4n) is 3.46. The van der Waals surface area contributed by atoms with E-state index in [2.05, 4.69) is 5.32 Å². The summed E-state index contributed by atoms with van der Waals surface area (Å²) < 4.78 is 10.3. The topological polar surface area (TPSA) is 98.8 Å². The van der Waals surface area contributed by atoms with Gasteiger partial charge in [-0.15, -0.1) is 0 Å². The van der Waals surface area contributed by atoms with E-state index < -0.39 is 5.92 Å². The van der Waals surface area contributed by atoms with E-state index in [-0.39, 0.29) is 36.5 Å². The van der Waals surface area contributed by atoms with Gasteiger partial charge in [0.15, 0.2) is 0 Å². The average Bonchev–Trinajstić information content (AvgIpc) is 2.76. The summed E-state index contributed by atoms with van der Waals surface area (Å²) in [7, 11) is 0. The van der Waals surface area contributed by atoms with Gasteiger partial charge in [0.25, 0.3) is 0 Å². The van der Waals surface area contributed by atoms with Crippen LogP contribution in [0.1, 0.15) is 63.0 Å². The number of esters is 1. The Labute approximate surface area is 183 Å². The summed E-state index contributed by atoms with van der Waals surface area (Å²) in [4.78, 5) is 47.4. The number of carbonyl (C=O) groups excluding carboxylic acids is 4. The van der Waals surface area contributed by atoms with Gasteiger partial charge in [0.05, 0.1) is 19.1 Å². The molecule has 7 nitrogen and oxygen atoms in total. The zero-order chi connectivity index (χ0) is 22.5. The first-order valence-corrected chi connectivity index (χ1v) is 11.1. The summed E-state index contributed by atoms with van der Waals surface area (Å²) in [6.07, 6.45) is 5.02. The van der Waals surface area contributed by atoms with Crippen LogP contribution >= 0.6 is 0 Å². The minimum Gasteiger partial charge on any atom is -0.466 e. The molecule has 1 aliphatic rings. The number of ketones is 2. The first kappa shape index (κ1) is 24.7. The maximum absolute atomic E-state index is 12.4. The summed E-state index contributed by atoms with van der Waals surface area (Å²) in [6, 6.07) is 7.47. The molecule has 1 aromatic rings. The van der Waals surface area contributed by atoms with Crippen molar-refractivity contribution in [2.75, 3.05) is 19.8 Å². The smallest absolute Gasteiger partial charge is 0.305 e. The molecule has 31 heavy (non-hydrogen) atoms. The van der Waals surface area contributed by atoms with Gasteiger partial charge in [-0.1, -0.05) is 37.6 Å². The third kappa shape index (κ3) is 9.42. The number of amides is 1. The molecule has 1 unspecified atom stereocenters. The zero-order valence-corrected chi connectivity index (χ0v) is 18.3. The third-order valence-electron chi connectivity index (χ3n) is 5.22. The van der Waals surface area contributed by atoms with E-state index in [0.717, 1.165) is 30.4 Å². The molecule has 170 valence electrons. The van der Waals surface area contributed by atoms with Gasteiger partial charge in [0.2, 0.25) is 5.91 Å². The van der Waals surface area contributed by atoms with Gasteiger partial charge in [-0.25, -0.2) is 0 Å². The van der Waals surface area contributed by atoms with Crippen molar-refractivity contribution in [2.24, 2.45) is 5.92 Å². The predicted octanol–water partition coefficient (Wildman–Crippen LogP) is 2.92. The second-order valence-corrected chi connectivity index (χ2v) is 7.88. The van der Waals surface area contributed by atoms with Crippen molar-refractivity contribution in [3.8, 4) is 0 Å². The van der Waals surface area contributed by atoms with Crippen molar-refractivity contribution in [3.05, 3.63) is 35.4 Å². The molecule has 1 aromatic carbocycles. The molecule has 1 amide bonds. The molecule has 0 heterocycles.